The number of nitrogens with zero attached hydrogens (tertiary/aromatic N) is 2. The smallest absolute Gasteiger partial charge is 0.349 e. The highest BCUT2D eigenvalue weighted by molar-refractivity contribution is 7.17. The number of carboxylic acids is 1. The molecule has 0 spiro atoms. The zero-order chi connectivity index (χ0) is 19.6. The molecule has 2 aromatic carbocycles. The summed E-state index contributed by atoms with van der Waals surface area (Å²) in [5.41, 5.74) is 2.37. The first-order valence-electron chi connectivity index (χ1n) is 8.58. The normalized spacial score (nSPS) is 10.8. The van der Waals surface area contributed by atoms with Crippen LogP contribution in [-0.4, -0.2) is 28.0 Å². The van der Waals surface area contributed by atoms with E-state index in [-0.39, 0.29) is 22.6 Å². The first kappa shape index (κ1) is 18.8. The van der Waals surface area contributed by atoms with Gasteiger partial charge in [-0.15, -0.1) is 11.3 Å². The van der Waals surface area contributed by atoms with Crippen molar-refractivity contribution in [1.82, 2.24) is 4.98 Å². The third-order valence-electron chi connectivity index (χ3n) is 4.09. The van der Waals surface area contributed by atoms with Crippen molar-refractivity contribution in [3.8, 4) is 10.6 Å². The molecule has 0 aliphatic rings. The third-order valence-corrected chi connectivity index (χ3v) is 5.17. The molecule has 0 radical (unpaired) electrons. The molecule has 0 aliphatic carbocycles. The van der Waals surface area contributed by atoms with Crippen LogP contribution >= 0.6 is 11.3 Å². The molecule has 0 unspecified atom stereocenters. The Balaban J connectivity index is 2.09. The van der Waals surface area contributed by atoms with Crippen molar-refractivity contribution in [2.24, 2.45) is 0 Å². The number of carbonyl (C=O) groups is 2. The second-order valence-electron chi connectivity index (χ2n) is 6.48. The Morgan fingerprint density at radius 2 is 1.67 bits per heavy atom. The maximum absolute atomic E-state index is 13.1. The molecule has 5 nitrogen and oxygen atoms in total. The van der Waals surface area contributed by atoms with E-state index in [0.29, 0.717) is 10.6 Å². The highest BCUT2D eigenvalue weighted by Gasteiger charge is 2.29. The van der Waals surface area contributed by atoms with Gasteiger partial charge in [0.05, 0.1) is 0 Å². The van der Waals surface area contributed by atoms with Gasteiger partial charge in [0.25, 0.3) is 5.91 Å². The summed E-state index contributed by atoms with van der Waals surface area (Å²) in [6, 6.07) is 16.3. The lowest BCUT2D eigenvalue weighted by Gasteiger charge is -2.25. The number of aryl methyl sites for hydroxylation is 1. The molecular formula is C21H20N2O3S. The molecule has 0 saturated heterocycles. The van der Waals surface area contributed by atoms with Gasteiger partial charge in [-0.25, -0.2) is 9.78 Å². The van der Waals surface area contributed by atoms with Crippen LogP contribution in [-0.2, 0) is 0 Å². The Labute approximate surface area is 161 Å². The average molecular weight is 380 g/mol. The molecule has 1 aromatic heterocycles. The van der Waals surface area contributed by atoms with E-state index in [1.54, 1.807) is 12.1 Å². The van der Waals surface area contributed by atoms with Gasteiger partial charge < -0.3 is 5.11 Å². The van der Waals surface area contributed by atoms with E-state index in [4.69, 9.17) is 0 Å². The van der Waals surface area contributed by atoms with E-state index in [1.807, 2.05) is 63.2 Å². The second kappa shape index (κ2) is 7.72. The summed E-state index contributed by atoms with van der Waals surface area (Å²) >= 11 is 1.08. The highest BCUT2D eigenvalue weighted by Crippen LogP contribution is 2.34. The van der Waals surface area contributed by atoms with Gasteiger partial charge in [-0.3, -0.25) is 9.69 Å². The molecule has 27 heavy (non-hydrogen) atoms. The number of anilines is 1. The third kappa shape index (κ3) is 3.90. The van der Waals surface area contributed by atoms with E-state index in [1.165, 1.54) is 4.90 Å². The SMILES string of the molecule is Cc1ccc(C(=O)N(c2nc(-c3ccccc3)sc2C(=O)O)C(C)C)cc1. The van der Waals surface area contributed by atoms with Crippen molar-refractivity contribution in [3.63, 3.8) is 0 Å². The van der Waals surface area contributed by atoms with Crippen molar-refractivity contribution < 1.29 is 14.7 Å². The van der Waals surface area contributed by atoms with Crippen molar-refractivity contribution >= 4 is 29.0 Å². The minimum atomic E-state index is -1.09. The van der Waals surface area contributed by atoms with Gasteiger partial charge in [0.2, 0.25) is 0 Å². The lowest BCUT2D eigenvalue weighted by atomic mass is 10.1. The van der Waals surface area contributed by atoms with Crippen LogP contribution in [0.3, 0.4) is 0 Å². The van der Waals surface area contributed by atoms with Gasteiger partial charge in [0.15, 0.2) is 10.7 Å². The molecule has 6 heteroatoms. The largest absolute Gasteiger partial charge is 0.477 e. The van der Waals surface area contributed by atoms with E-state index in [0.717, 1.165) is 22.5 Å². The van der Waals surface area contributed by atoms with Gasteiger partial charge in [-0.2, -0.15) is 0 Å². The standard InChI is InChI=1S/C21H20N2O3S/c1-13(2)23(20(24)16-11-9-14(3)10-12-16)18-17(21(25)26)27-19(22-18)15-7-5-4-6-8-15/h4-13H,1-3H3,(H,25,26). The van der Waals surface area contributed by atoms with Crippen LogP contribution in [0, 0.1) is 6.92 Å². The summed E-state index contributed by atoms with van der Waals surface area (Å²) in [5, 5.41) is 10.3. The van der Waals surface area contributed by atoms with Crippen LogP contribution in [0.25, 0.3) is 10.6 Å². The van der Waals surface area contributed by atoms with Gasteiger partial charge in [-0.1, -0.05) is 48.0 Å². The number of aromatic nitrogens is 1. The fourth-order valence-corrected chi connectivity index (χ4v) is 3.63. The summed E-state index contributed by atoms with van der Waals surface area (Å²) in [6.45, 7) is 5.64. The minimum Gasteiger partial charge on any atom is -0.477 e. The lowest BCUT2D eigenvalue weighted by molar-refractivity contribution is 0.0702. The molecule has 1 amide bonds. The number of benzene rings is 2. The number of amides is 1. The monoisotopic (exact) mass is 380 g/mol. The first-order valence-corrected chi connectivity index (χ1v) is 9.40. The Kier molecular flexibility index (Phi) is 5.37. The van der Waals surface area contributed by atoms with E-state index >= 15 is 0 Å². The topological polar surface area (TPSA) is 70.5 Å². The number of carbonyl (C=O) groups excluding carboxylic acids is 1. The Hall–Kier alpha value is -2.99. The Morgan fingerprint density at radius 3 is 2.22 bits per heavy atom. The quantitative estimate of drug-likeness (QED) is 0.685. The molecule has 1 heterocycles. The number of hydrogen-bond acceptors (Lipinski definition) is 4. The summed E-state index contributed by atoms with van der Waals surface area (Å²) < 4.78 is 0. The Bertz CT molecular complexity index is 963. The summed E-state index contributed by atoms with van der Waals surface area (Å²) in [6.07, 6.45) is 0. The van der Waals surface area contributed by atoms with Crippen LogP contribution in [0.2, 0.25) is 0 Å². The molecule has 0 bridgehead atoms. The van der Waals surface area contributed by atoms with Crippen molar-refractivity contribution in [3.05, 3.63) is 70.6 Å². The van der Waals surface area contributed by atoms with Crippen molar-refractivity contribution in [2.75, 3.05) is 4.90 Å². The van der Waals surface area contributed by atoms with Crippen LogP contribution < -0.4 is 4.90 Å². The molecule has 3 aromatic rings. The van der Waals surface area contributed by atoms with Gasteiger partial charge in [0, 0.05) is 17.2 Å². The number of carboxylic acid groups (broad SMARTS) is 1. The first-order chi connectivity index (χ1) is 12.9. The molecule has 1 N–H and O–H groups in total. The summed E-state index contributed by atoms with van der Waals surface area (Å²) in [4.78, 5) is 31.0. The zero-order valence-electron chi connectivity index (χ0n) is 15.3. The van der Waals surface area contributed by atoms with E-state index in [2.05, 4.69) is 4.98 Å². The van der Waals surface area contributed by atoms with Gasteiger partial charge >= 0.3 is 5.97 Å². The zero-order valence-corrected chi connectivity index (χ0v) is 16.2. The molecule has 3 rings (SSSR count). The number of rotatable bonds is 5. The molecule has 138 valence electrons. The second-order valence-corrected chi connectivity index (χ2v) is 7.48. The summed E-state index contributed by atoms with van der Waals surface area (Å²) in [5.74, 6) is -1.17. The highest BCUT2D eigenvalue weighted by atomic mass is 32.1. The molecule has 0 saturated carbocycles. The van der Waals surface area contributed by atoms with Crippen LogP contribution in [0.4, 0.5) is 5.82 Å². The maximum Gasteiger partial charge on any atom is 0.349 e. The van der Waals surface area contributed by atoms with Crippen LogP contribution in [0.15, 0.2) is 54.6 Å². The minimum absolute atomic E-state index is 0.0583. The molecule has 0 fully saturated rings. The van der Waals surface area contributed by atoms with Crippen molar-refractivity contribution in [2.45, 2.75) is 26.8 Å². The van der Waals surface area contributed by atoms with Crippen LogP contribution in [0.1, 0.15) is 39.4 Å². The fraction of sp³-hybridized carbons (Fsp3) is 0.190. The Morgan fingerprint density at radius 1 is 1.04 bits per heavy atom. The summed E-state index contributed by atoms with van der Waals surface area (Å²) in [7, 11) is 0. The lowest BCUT2D eigenvalue weighted by Crippen LogP contribution is -2.38. The molecule has 0 aliphatic heterocycles. The maximum atomic E-state index is 13.1. The molecule has 0 atom stereocenters. The van der Waals surface area contributed by atoms with Crippen LogP contribution in [0.5, 0.6) is 0 Å². The van der Waals surface area contributed by atoms with E-state index < -0.39 is 5.97 Å². The van der Waals surface area contributed by atoms with Gasteiger partial charge in [-0.05, 0) is 32.9 Å². The number of thiazole rings is 1. The van der Waals surface area contributed by atoms with E-state index in [9.17, 15) is 14.7 Å². The van der Waals surface area contributed by atoms with Crippen molar-refractivity contribution in [1.29, 1.82) is 0 Å². The predicted octanol–water partition coefficient (Wildman–Crippen LogP) is 4.87. The average Bonchev–Trinajstić information content (AvgIpc) is 3.08. The fourth-order valence-electron chi connectivity index (χ4n) is 2.73. The predicted molar refractivity (Wildman–Crippen MR) is 108 cm³/mol. The number of hydrogen-bond donors (Lipinski definition) is 1. The molecular weight excluding hydrogens is 360 g/mol. The van der Waals surface area contributed by atoms with Gasteiger partial charge in [0.1, 0.15) is 5.01 Å². The number of aromatic carboxylic acids is 1.